The number of hydrogen-bond donors (Lipinski definition) is 0. The summed E-state index contributed by atoms with van der Waals surface area (Å²) < 4.78 is 0. The summed E-state index contributed by atoms with van der Waals surface area (Å²) in [6.07, 6.45) is 4.83. The van der Waals surface area contributed by atoms with Crippen LogP contribution in [0.3, 0.4) is 0 Å². The third-order valence-electron chi connectivity index (χ3n) is 1.79. The minimum Gasteiger partial charge on any atom is -0.872 e. The molecule has 1 aliphatic carbocycles. The van der Waals surface area contributed by atoms with Crippen molar-refractivity contribution in [1.82, 2.24) is 0 Å². The largest absolute Gasteiger partial charge is 0.872 e. The summed E-state index contributed by atoms with van der Waals surface area (Å²) in [5.74, 6) is 0.169. The molecule has 0 atom stereocenters. The third kappa shape index (κ3) is 0.637. The van der Waals surface area contributed by atoms with E-state index in [-0.39, 0.29) is 5.75 Å². The number of hydrogen-bond acceptors (Lipinski definition) is 1. The molecule has 0 saturated heterocycles. The van der Waals surface area contributed by atoms with E-state index >= 15 is 0 Å². The monoisotopic (exact) mass is 131 g/mol. The summed E-state index contributed by atoms with van der Waals surface area (Å²) in [7, 11) is 0. The van der Waals surface area contributed by atoms with Crippen LogP contribution in [0.4, 0.5) is 0 Å². The van der Waals surface area contributed by atoms with Crippen LogP contribution in [-0.4, -0.2) is 0 Å². The normalized spacial score (nSPS) is 13.6. The zero-order valence-corrected chi connectivity index (χ0v) is 5.50. The summed E-state index contributed by atoms with van der Waals surface area (Å²) in [6.45, 7) is 0. The first-order valence-electron chi connectivity index (χ1n) is 3.33. The van der Waals surface area contributed by atoms with Gasteiger partial charge in [-0.05, 0) is 17.5 Å². The SMILES string of the molecule is [O-]c1cccc2c1CC=C2. The number of rotatable bonds is 0. The van der Waals surface area contributed by atoms with Crippen molar-refractivity contribution >= 4 is 6.08 Å². The second kappa shape index (κ2) is 1.87. The molecule has 0 unspecified atom stereocenters. The maximum Gasteiger partial charge on any atom is -0.00943 e. The number of benzene rings is 1. The van der Waals surface area contributed by atoms with Crippen molar-refractivity contribution in [3.8, 4) is 5.75 Å². The molecule has 1 aromatic rings. The lowest BCUT2D eigenvalue weighted by atomic mass is 10.1. The molecule has 0 bridgehead atoms. The van der Waals surface area contributed by atoms with E-state index in [4.69, 9.17) is 0 Å². The molecule has 0 spiro atoms. The molecule has 1 aromatic carbocycles. The Morgan fingerprint density at radius 2 is 2.20 bits per heavy atom. The van der Waals surface area contributed by atoms with Crippen molar-refractivity contribution in [1.29, 1.82) is 0 Å². The van der Waals surface area contributed by atoms with Crippen LogP contribution in [0.25, 0.3) is 6.08 Å². The highest BCUT2D eigenvalue weighted by Gasteiger charge is 2.02. The van der Waals surface area contributed by atoms with Gasteiger partial charge in [0.05, 0.1) is 0 Å². The van der Waals surface area contributed by atoms with E-state index in [0.717, 1.165) is 17.5 Å². The topological polar surface area (TPSA) is 23.1 Å². The smallest absolute Gasteiger partial charge is 0.00943 e. The maximum atomic E-state index is 11.1. The zero-order valence-electron chi connectivity index (χ0n) is 5.50. The van der Waals surface area contributed by atoms with Crippen LogP contribution in [0.2, 0.25) is 0 Å². The molecule has 0 radical (unpaired) electrons. The fraction of sp³-hybridized carbons (Fsp3) is 0.111. The van der Waals surface area contributed by atoms with Crippen LogP contribution in [0.1, 0.15) is 11.1 Å². The molecule has 0 aliphatic heterocycles. The molecule has 0 fully saturated rings. The van der Waals surface area contributed by atoms with E-state index < -0.39 is 0 Å². The van der Waals surface area contributed by atoms with Crippen LogP contribution >= 0.6 is 0 Å². The fourth-order valence-electron chi connectivity index (χ4n) is 1.26. The fourth-order valence-corrected chi connectivity index (χ4v) is 1.26. The van der Waals surface area contributed by atoms with Crippen LogP contribution < -0.4 is 5.11 Å². The quantitative estimate of drug-likeness (QED) is 0.521. The molecule has 0 saturated carbocycles. The van der Waals surface area contributed by atoms with Gasteiger partial charge >= 0.3 is 0 Å². The molecule has 50 valence electrons. The zero-order chi connectivity index (χ0) is 6.97. The van der Waals surface area contributed by atoms with Crippen molar-refractivity contribution in [2.24, 2.45) is 0 Å². The number of fused-ring (bicyclic) bond motifs is 1. The predicted octanol–water partition coefficient (Wildman–Crippen LogP) is 1.33. The van der Waals surface area contributed by atoms with Crippen LogP contribution in [0, 0.1) is 0 Å². The Hall–Kier alpha value is -1.24. The first kappa shape index (κ1) is 5.54. The lowest BCUT2D eigenvalue weighted by Crippen LogP contribution is -1.95. The van der Waals surface area contributed by atoms with E-state index in [1.165, 1.54) is 0 Å². The van der Waals surface area contributed by atoms with Gasteiger partial charge in [-0.25, -0.2) is 0 Å². The van der Waals surface area contributed by atoms with Crippen molar-refractivity contribution in [2.75, 3.05) is 0 Å². The Bertz CT molecular complexity index is 287. The average Bonchev–Trinajstić information content (AvgIpc) is 2.36. The van der Waals surface area contributed by atoms with Crippen molar-refractivity contribution in [3.05, 3.63) is 35.4 Å². The van der Waals surface area contributed by atoms with Gasteiger partial charge in [0, 0.05) is 0 Å². The molecule has 2 rings (SSSR count). The number of allylic oxidation sites excluding steroid dienone is 1. The lowest BCUT2D eigenvalue weighted by Gasteiger charge is -2.10. The summed E-state index contributed by atoms with van der Waals surface area (Å²) in [5.41, 5.74) is 2.04. The van der Waals surface area contributed by atoms with E-state index in [2.05, 4.69) is 0 Å². The molecule has 1 heteroatoms. The highest BCUT2D eigenvalue weighted by atomic mass is 16.3. The second-order valence-electron chi connectivity index (χ2n) is 2.43. The first-order chi connectivity index (χ1) is 4.88. The van der Waals surface area contributed by atoms with Gasteiger partial charge in [0.15, 0.2) is 0 Å². The molecular weight excluding hydrogens is 124 g/mol. The van der Waals surface area contributed by atoms with Gasteiger partial charge in [-0.2, -0.15) is 0 Å². The average molecular weight is 131 g/mol. The van der Waals surface area contributed by atoms with E-state index in [9.17, 15) is 5.11 Å². The Morgan fingerprint density at radius 1 is 1.30 bits per heavy atom. The van der Waals surface area contributed by atoms with Gasteiger partial charge in [0.2, 0.25) is 0 Å². The molecule has 10 heavy (non-hydrogen) atoms. The Balaban J connectivity index is 2.66. The third-order valence-corrected chi connectivity index (χ3v) is 1.79. The molecular formula is C9H7O-. The van der Waals surface area contributed by atoms with Crippen LogP contribution in [-0.2, 0) is 6.42 Å². The van der Waals surface area contributed by atoms with Crippen molar-refractivity contribution in [3.63, 3.8) is 0 Å². The predicted molar refractivity (Wildman–Crippen MR) is 38.6 cm³/mol. The van der Waals surface area contributed by atoms with Gasteiger partial charge in [-0.1, -0.05) is 30.4 Å². The van der Waals surface area contributed by atoms with Crippen LogP contribution in [0.5, 0.6) is 5.75 Å². The summed E-state index contributed by atoms with van der Waals surface area (Å²) in [6, 6.07) is 5.39. The summed E-state index contributed by atoms with van der Waals surface area (Å²) in [5, 5.41) is 11.1. The van der Waals surface area contributed by atoms with E-state index in [1.54, 1.807) is 12.1 Å². The lowest BCUT2D eigenvalue weighted by molar-refractivity contribution is -0.269. The van der Waals surface area contributed by atoms with Gasteiger partial charge in [0.25, 0.3) is 0 Å². The minimum absolute atomic E-state index is 0.169. The van der Waals surface area contributed by atoms with Gasteiger partial charge < -0.3 is 5.11 Å². The molecule has 0 aromatic heterocycles. The van der Waals surface area contributed by atoms with Gasteiger partial charge in [-0.15, -0.1) is 5.75 Å². The Labute approximate surface area is 59.6 Å². The molecule has 1 aliphatic rings. The van der Waals surface area contributed by atoms with E-state index in [1.807, 2.05) is 18.2 Å². The minimum atomic E-state index is 0.169. The van der Waals surface area contributed by atoms with E-state index in [0.29, 0.717) is 0 Å². The standard InChI is InChI=1S/C9H8O/c10-9-6-2-4-7-3-1-5-8(7)9/h1-4,6,10H,5H2/p-1. The summed E-state index contributed by atoms with van der Waals surface area (Å²) in [4.78, 5) is 0. The van der Waals surface area contributed by atoms with Crippen molar-refractivity contribution < 1.29 is 5.11 Å². The summed E-state index contributed by atoms with van der Waals surface area (Å²) >= 11 is 0. The molecule has 0 heterocycles. The van der Waals surface area contributed by atoms with Crippen LogP contribution in [0.15, 0.2) is 24.3 Å². The molecule has 0 N–H and O–H groups in total. The van der Waals surface area contributed by atoms with Crippen molar-refractivity contribution in [2.45, 2.75) is 6.42 Å². The highest BCUT2D eigenvalue weighted by molar-refractivity contribution is 5.62. The van der Waals surface area contributed by atoms with Gasteiger partial charge in [-0.3, -0.25) is 0 Å². The second-order valence-corrected chi connectivity index (χ2v) is 2.43. The molecule has 0 amide bonds. The maximum absolute atomic E-state index is 11.1. The first-order valence-corrected chi connectivity index (χ1v) is 3.33. The van der Waals surface area contributed by atoms with Gasteiger partial charge in [0.1, 0.15) is 0 Å². The molecule has 1 nitrogen and oxygen atoms in total. The highest BCUT2D eigenvalue weighted by Crippen LogP contribution is 2.25. The Morgan fingerprint density at radius 3 is 3.00 bits per heavy atom. The Kier molecular flexibility index (Phi) is 1.04.